The Bertz CT molecular complexity index is 710. The highest BCUT2D eigenvalue weighted by Crippen LogP contribution is 2.30. The highest BCUT2D eigenvalue weighted by molar-refractivity contribution is 9.10. The van der Waals surface area contributed by atoms with Crippen LogP contribution >= 0.6 is 15.9 Å². The molecule has 1 heterocycles. The molecule has 0 aliphatic carbocycles. The maximum atomic E-state index is 13.2. The van der Waals surface area contributed by atoms with Crippen LogP contribution in [0.2, 0.25) is 0 Å². The molecule has 0 saturated carbocycles. The number of hydrogen-bond acceptors (Lipinski definition) is 4. The summed E-state index contributed by atoms with van der Waals surface area (Å²) >= 11 is 3.23. The van der Waals surface area contributed by atoms with Gasteiger partial charge in [0.25, 0.3) is 5.91 Å². The van der Waals surface area contributed by atoms with Gasteiger partial charge in [-0.25, -0.2) is 9.37 Å². The van der Waals surface area contributed by atoms with Crippen LogP contribution in [-0.2, 0) is 0 Å². The van der Waals surface area contributed by atoms with E-state index in [0.29, 0.717) is 22.3 Å². The lowest BCUT2D eigenvalue weighted by Crippen LogP contribution is -2.27. The van der Waals surface area contributed by atoms with E-state index in [9.17, 15) is 9.18 Å². The predicted molar refractivity (Wildman–Crippen MR) is 93.9 cm³/mol. The lowest BCUT2D eigenvalue weighted by Gasteiger charge is -2.12. The first kappa shape index (κ1) is 18.4. The summed E-state index contributed by atoms with van der Waals surface area (Å²) in [6.45, 7) is 1.45. The van der Waals surface area contributed by atoms with Gasteiger partial charge in [-0.15, -0.1) is 0 Å². The number of carbonyl (C=O) groups excluding carboxylic acids is 1. The maximum Gasteiger partial charge on any atom is 0.256 e. The summed E-state index contributed by atoms with van der Waals surface area (Å²) in [7, 11) is 3.96. The Labute approximate surface area is 149 Å². The highest BCUT2D eigenvalue weighted by Gasteiger charge is 2.15. The standard InChI is InChI=1S/C17H19BrFN3O2/c1-22(2)10-4-9-20-16(23)13-5-3-8-21-17(13)24-15-7-6-12(19)11-14(15)18/h3,5-8,11H,4,9-10H2,1-2H3,(H,20,23). The summed E-state index contributed by atoms with van der Waals surface area (Å²) < 4.78 is 19.3. The molecule has 5 nitrogen and oxygen atoms in total. The molecule has 7 heteroatoms. The van der Waals surface area contributed by atoms with Gasteiger partial charge in [0.2, 0.25) is 5.88 Å². The van der Waals surface area contributed by atoms with Gasteiger partial charge < -0.3 is 15.0 Å². The van der Waals surface area contributed by atoms with Crippen molar-refractivity contribution in [3.05, 3.63) is 52.4 Å². The van der Waals surface area contributed by atoms with Gasteiger partial charge >= 0.3 is 0 Å². The van der Waals surface area contributed by atoms with Crippen LogP contribution in [-0.4, -0.2) is 43.0 Å². The number of nitrogens with zero attached hydrogens (tertiary/aromatic N) is 2. The average Bonchev–Trinajstić information content (AvgIpc) is 2.54. The van der Waals surface area contributed by atoms with Crippen molar-refractivity contribution < 1.29 is 13.9 Å². The van der Waals surface area contributed by atoms with Crippen LogP contribution < -0.4 is 10.1 Å². The number of halogens is 2. The molecule has 0 aliphatic rings. The predicted octanol–water partition coefficient (Wildman–Crippen LogP) is 3.46. The van der Waals surface area contributed by atoms with Gasteiger partial charge in [-0.2, -0.15) is 0 Å². The van der Waals surface area contributed by atoms with Crippen molar-refractivity contribution in [2.24, 2.45) is 0 Å². The lowest BCUT2D eigenvalue weighted by molar-refractivity contribution is 0.0949. The Balaban J connectivity index is 2.08. The zero-order valence-electron chi connectivity index (χ0n) is 13.6. The fourth-order valence-electron chi connectivity index (χ4n) is 2.00. The Morgan fingerprint density at radius 3 is 2.88 bits per heavy atom. The van der Waals surface area contributed by atoms with E-state index in [1.165, 1.54) is 24.4 Å². The number of nitrogens with one attached hydrogen (secondary N) is 1. The van der Waals surface area contributed by atoms with Gasteiger partial charge in [-0.3, -0.25) is 4.79 Å². The zero-order chi connectivity index (χ0) is 17.5. The summed E-state index contributed by atoms with van der Waals surface area (Å²) in [6.07, 6.45) is 2.38. The molecule has 1 aromatic carbocycles. The second-order valence-corrected chi connectivity index (χ2v) is 6.30. The number of amides is 1. The summed E-state index contributed by atoms with van der Waals surface area (Å²) in [5.41, 5.74) is 0.332. The lowest BCUT2D eigenvalue weighted by atomic mass is 10.2. The molecule has 24 heavy (non-hydrogen) atoms. The van der Waals surface area contributed by atoms with Crippen molar-refractivity contribution >= 4 is 21.8 Å². The molecule has 1 N–H and O–H groups in total. The quantitative estimate of drug-likeness (QED) is 0.729. The molecule has 0 spiro atoms. The van der Waals surface area contributed by atoms with Crippen LogP contribution in [0.25, 0.3) is 0 Å². The van der Waals surface area contributed by atoms with Crippen molar-refractivity contribution in [1.29, 1.82) is 0 Å². The maximum absolute atomic E-state index is 13.2. The van der Waals surface area contributed by atoms with Crippen molar-refractivity contribution in [3.63, 3.8) is 0 Å². The van der Waals surface area contributed by atoms with E-state index in [1.54, 1.807) is 12.1 Å². The fourth-order valence-corrected chi connectivity index (χ4v) is 2.43. The number of pyridine rings is 1. The molecule has 0 saturated heterocycles. The third-order valence-corrected chi connectivity index (χ3v) is 3.80. The summed E-state index contributed by atoms with van der Waals surface area (Å²) in [5, 5.41) is 2.85. The van der Waals surface area contributed by atoms with Crippen molar-refractivity contribution in [1.82, 2.24) is 15.2 Å². The zero-order valence-corrected chi connectivity index (χ0v) is 15.1. The Hall–Kier alpha value is -1.99. The van der Waals surface area contributed by atoms with Crippen molar-refractivity contribution in [2.75, 3.05) is 27.2 Å². The van der Waals surface area contributed by atoms with Crippen LogP contribution in [0.4, 0.5) is 4.39 Å². The number of hydrogen-bond donors (Lipinski definition) is 1. The van der Waals surface area contributed by atoms with Crippen molar-refractivity contribution in [2.45, 2.75) is 6.42 Å². The Morgan fingerprint density at radius 2 is 2.17 bits per heavy atom. The first-order valence-electron chi connectivity index (χ1n) is 7.48. The minimum atomic E-state index is -0.380. The molecule has 0 atom stereocenters. The van der Waals surface area contributed by atoms with Gasteiger partial charge in [0.05, 0.1) is 4.47 Å². The van der Waals surface area contributed by atoms with E-state index in [0.717, 1.165) is 13.0 Å². The fraction of sp³-hybridized carbons (Fsp3) is 0.294. The first-order chi connectivity index (χ1) is 11.5. The van der Waals surface area contributed by atoms with Crippen LogP contribution in [0.5, 0.6) is 11.6 Å². The molecule has 1 amide bonds. The SMILES string of the molecule is CN(C)CCCNC(=O)c1cccnc1Oc1ccc(F)cc1Br. The molecule has 0 bridgehead atoms. The van der Waals surface area contributed by atoms with Gasteiger partial charge in [-0.1, -0.05) is 0 Å². The Kier molecular flexibility index (Phi) is 6.69. The molecular formula is C17H19BrFN3O2. The summed E-state index contributed by atoms with van der Waals surface area (Å²) in [5.74, 6) is -0.0733. The van der Waals surface area contributed by atoms with Gasteiger partial charge in [0.15, 0.2) is 0 Å². The minimum Gasteiger partial charge on any atom is -0.437 e. The van der Waals surface area contributed by atoms with E-state index in [2.05, 4.69) is 31.1 Å². The molecular weight excluding hydrogens is 377 g/mol. The number of benzene rings is 1. The number of aromatic nitrogens is 1. The first-order valence-corrected chi connectivity index (χ1v) is 8.27. The molecule has 2 rings (SSSR count). The molecule has 2 aromatic rings. The third kappa shape index (κ3) is 5.28. The van der Waals surface area contributed by atoms with Gasteiger partial charge in [-0.05, 0) is 73.3 Å². The van der Waals surface area contributed by atoms with E-state index >= 15 is 0 Å². The number of carbonyl (C=O) groups is 1. The molecule has 128 valence electrons. The largest absolute Gasteiger partial charge is 0.437 e. The second kappa shape index (κ2) is 8.75. The van der Waals surface area contributed by atoms with Crippen LogP contribution in [0, 0.1) is 5.82 Å². The van der Waals surface area contributed by atoms with E-state index in [4.69, 9.17) is 4.74 Å². The highest BCUT2D eigenvalue weighted by atomic mass is 79.9. The van der Waals surface area contributed by atoms with E-state index in [1.807, 2.05) is 14.1 Å². The molecule has 0 fully saturated rings. The smallest absolute Gasteiger partial charge is 0.256 e. The van der Waals surface area contributed by atoms with Crippen molar-refractivity contribution in [3.8, 4) is 11.6 Å². The normalized spacial score (nSPS) is 10.7. The third-order valence-electron chi connectivity index (χ3n) is 3.18. The molecule has 1 aromatic heterocycles. The van der Waals surface area contributed by atoms with E-state index in [-0.39, 0.29) is 17.6 Å². The minimum absolute atomic E-state index is 0.176. The number of rotatable bonds is 7. The topological polar surface area (TPSA) is 54.5 Å². The number of ether oxygens (including phenoxy) is 1. The van der Waals surface area contributed by atoms with E-state index < -0.39 is 0 Å². The van der Waals surface area contributed by atoms with Crippen LogP contribution in [0.3, 0.4) is 0 Å². The van der Waals surface area contributed by atoms with Gasteiger partial charge in [0, 0.05) is 12.7 Å². The summed E-state index contributed by atoms with van der Waals surface area (Å²) in [4.78, 5) is 18.5. The van der Waals surface area contributed by atoms with Crippen LogP contribution in [0.15, 0.2) is 41.0 Å². The van der Waals surface area contributed by atoms with Crippen LogP contribution in [0.1, 0.15) is 16.8 Å². The summed E-state index contributed by atoms with van der Waals surface area (Å²) in [6, 6.07) is 7.36. The molecule has 0 radical (unpaired) electrons. The monoisotopic (exact) mass is 395 g/mol. The van der Waals surface area contributed by atoms with Gasteiger partial charge in [0.1, 0.15) is 17.1 Å². The molecule has 0 unspecified atom stereocenters. The average molecular weight is 396 g/mol. The molecule has 0 aliphatic heterocycles. The Morgan fingerprint density at radius 1 is 1.38 bits per heavy atom. The second-order valence-electron chi connectivity index (χ2n) is 5.45.